The van der Waals surface area contributed by atoms with Gasteiger partial charge in [-0.3, -0.25) is 4.79 Å². The van der Waals surface area contributed by atoms with Gasteiger partial charge in [-0.15, -0.1) is 0 Å². The molecule has 5 nitrogen and oxygen atoms in total. The van der Waals surface area contributed by atoms with Crippen LogP contribution in [0.4, 0.5) is 5.69 Å². The molecule has 0 unspecified atom stereocenters. The lowest BCUT2D eigenvalue weighted by molar-refractivity contribution is 0.0954. The molecule has 3 rings (SSSR count). The number of nitrogens with zero attached hydrogens (tertiary/aromatic N) is 2. The lowest BCUT2D eigenvalue weighted by atomic mass is 9.88. The van der Waals surface area contributed by atoms with Gasteiger partial charge in [-0.05, 0) is 67.4 Å². The van der Waals surface area contributed by atoms with Crippen LogP contribution in [0.3, 0.4) is 0 Å². The standard InChI is InChI=1S/C23H26BrN3O2/c1-6-27-20-12-21(29-5)16(11-18(20)15(2)13-23(27,3)4)14-25-26-22(28)17-9-7-8-10-19(17)24/h7-14H,6H2,1-5H3,(H,26,28)/b25-14-. The van der Waals surface area contributed by atoms with Crippen molar-refractivity contribution in [1.29, 1.82) is 0 Å². The highest BCUT2D eigenvalue weighted by Gasteiger charge is 2.31. The monoisotopic (exact) mass is 455 g/mol. The Morgan fingerprint density at radius 1 is 1.31 bits per heavy atom. The minimum atomic E-state index is -0.277. The van der Waals surface area contributed by atoms with E-state index in [0.717, 1.165) is 27.8 Å². The summed E-state index contributed by atoms with van der Waals surface area (Å²) in [6.45, 7) is 9.58. The molecule has 1 amide bonds. The lowest BCUT2D eigenvalue weighted by Gasteiger charge is -2.43. The number of carbonyl (C=O) groups is 1. The Balaban J connectivity index is 1.91. The molecule has 0 saturated carbocycles. The number of nitrogens with one attached hydrogen (secondary N) is 1. The molecule has 0 radical (unpaired) electrons. The largest absolute Gasteiger partial charge is 0.496 e. The Morgan fingerprint density at radius 3 is 2.69 bits per heavy atom. The summed E-state index contributed by atoms with van der Waals surface area (Å²) in [6.07, 6.45) is 3.90. The Kier molecular flexibility index (Phi) is 6.13. The van der Waals surface area contributed by atoms with Gasteiger partial charge in [0.25, 0.3) is 5.91 Å². The van der Waals surface area contributed by atoms with Crippen LogP contribution in [-0.4, -0.2) is 31.3 Å². The molecular weight excluding hydrogens is 430 g/mol. The van der Waals surface area contributed by atoms with Gasteiger partial charge in [0.2, 0.25) is 0 Å². The van der Waals surface area contributed by atoms with Gasteiger partial charge in [0.05, 0.1) is 24.4 Å². The van der Waals surface area contributed by atoms with Crippen LogP contribution in [0.2, 0.25) is 0 Å². The first kappa shape index (κ1) is 21.1. The average Bonchev–Trinajstić information content (AvgIpc) is 2.67. The van der Waals surface area contributed by atoms with Gasteiger partial charge in [0.1, 0.15) is 5.75 Å². The number of rotatable bonds is 5. The predicted octanol–water partition coefficient (Wildman–Crippen LogP) is 5.24. The van der Waals surface area contributed by atoms with Gasteiger partial charge < -0.3 is 9.64 Å². The summed E-state index contributed by atoms with van der Waals surface area (Å²) in [6, 6.07) is 11.3. The summed E-state index contributed by atoms with van der Waals surface area (Å²) < 4.78 is 6.34. The van der Waals surface area contributed by atoms with Crippen LogP contribution in [0.25, 0.3) is 5.57 Å². The molecule has 152 valence electrons. The van der Waals surface area contributed by atoms with Crippen LogP contribution in [0.15, 0.2) is 52.0 Å². The van der Waals surface area contributed by atoms with Crippen molar-refractivity contribution < 1.29 is 9.53 Å². The van der Waals surface area contributed by atoms with Crippen LogP contribution >= 0.6 is 15.9 Å². The number of methoxy groups -OCH3 is 1. The number of likely N-dealkylation sites (N-methyl/N-ethyl adjacent to an activating group) is 1. The number of amides is 1. The Morgan fingerprint density at radius 2 is 2.03 bits per heavy atom. The molecule has 1 heterocycles. The summed E-state index contributed by atoms with van der Waals surface area (Å²) in [4.78, 5) is 14.7. The van der Waals surface area contributed by atoms with E-state index < -0.39 is 0 Å². The van der Waals surface area contributed by atoms with Gasteiger partial charge in [-0.2, -0.15) is 5.10 Å². The molecule has 1 N–H and O–H groups in total. The normalized spacial score (nSPS) is 15.1. The highest BCUT2D eigenvalue weighted by atomic mass is 79.9. The summed E-state index contributed by atoms with van der Waals surface area (Å²) in [7, 11) is 1.64. The van der Waals surface area contributed by atoms with Crippen molar-refractivity contribution in [3.63, 3.8) is 0 Å². The van der Waals surface area contributed by atoms with Crippen LogP contribution in [0.5, 0.6) is 5.75 Å². The van der Waals surface area contributed by atoms with E-state index in [1.54, 1.807) is 19.4 Å². The first-order valence-electron chi connectivity index (χ1n) is 9.56. The molecule has 1 aliphatic rings. The number of anilines is 1. The van der Waals surface area contributed by atoms with Crippen LogP contribution in [-0.2, 0) is 0 Å². The van der Waals surface area contributed by atoms with E-state index >= 15 is 0 Å². The second-order valence-electron chi connectivity index (χ2n) is 7.52. The molecule has 0 atom stereocenters. The van der Waals surface area contributed by atoms with Crippen molar-refractivity contribution >= 4 is 39.3 Å². The average molecular weight is 456 g/mol. The minimum absolute atomic E-state index is 0.0660. The molecule has 0 aromatic heterocycles. The van der Waals surface area contributed by atoms with E-state index in [4.69, 9.17) is 4.74 Å². The molecule has 0 spiro atoms. The third-order valence-corrected chi connectivity index (χ3v) is 5.83. The number of fused-ring (bicyclic) bond motifs is 1. The maximum absolute atomic E-state index is 12.3. The van der Waals surface area contributed by atoms with E-state index in [0.29, 0.717) is 11.3 Å². The van der Waals surface area contributed by atoms with Gasteiger partial charge in [-0.1, -0.05) is 18.2 Å². The fraction of sp³-hybridized carbons (Fsp3) is 0.304. The lowest BCUT2D eigenvalue weighted by Crippen LogP contribution is -2.44. The smallest absolute Gasteiger partial charge is 0.272 e. The number of hydrogen-bond acceptors (Lipinski definition) is 4. The van der Waals surface area contributed by atoms with Crippen LogP contribution in [0, 0.1) is 0 Å². The first-order valence-corrected chi connectivity index (χ1v) is 10.3. The first-order chi connectivity index (χ1) is 13.8. The predicted molar refractivity (Wildman–Crippen MR) is 123 cm³/mol. The quantitative estimate of drug-likeness (QED) is 0.495. The number of halogens is 1. The zero-order valence-electron chi connectivity index (χ0n) is 17.4. The van der Waals surface area contributed by atoms with Crippen LogP contribution in [0.1, 0.15) is 49.2 Å². The van der Waals surface area contributed by atoms with Crippen molar-refractivity contribution in [2.24, 2.45) is 5.10 Å². The van der Waals surface area contributed by atoms with E-state index in [9.17, 15) is 4.79 Å². The summed E-state index contributed by atoms with van der Waals surface area (Å²) in [5, 5.41) is 4.15. The summed E-state index contributed by atoms with van der Waals surface area (Å²) in [5.41, 5.74) is 7.35. The third-order valence-electron chi connectivity index (χ3n) is 5.13. The van der Waals surface area contributed by atoms with Crippen molar-refractivity contribution in [1.82, 2.24) is 5.43 Å². The van der Waals surface area contributed by atoms with Gasteiger partial charge in [0, 0.05) is 33.9 Å². The van der Waals surface area contributed by atoms with Gasteiger partial charge in [-0.25, -0.2) is 5.43 Å². The maximum atomic E-state index is 12.3. The second kappa shape index (κ2) is 8.41. The van der Waals surface area contributed by atoms with Gasteiger partial charge in [0.15, 0.2) is 0 Å². The fourth-order valence-corrected chi connectivity index (χ4v) is 4.31. The third kappa shape index (κ3) is 4.22. The van der Waals surface area contributed by atoms with Crippen molar-refractivity contribution in [3.8, 4) is 5.75 Å². The number of hydrogen-bond donors (Lipinski definition) is 1. The Labute approximate surface area is 180 Å². The van der Waals surface area contributed by atoms with Crippen molar-refractivity contribution in [2.45, 2.75) is 33.2 Å². The minimum Gasteiger partial charge on any atom is -0.496 e. The zero-order chi connectivity index (χ0) is 21.2. The van der Waals surface area contributed by atoms with E-state index in [1.807, 2.05) is 24.3 Å². The number of carbonyl (C=O) groups excluding carboxylic acids is 1. The summed E-state index contributed by atoms with van der Waals surface area (Å²) >= 11 is 3.38. The molecule has 2 aromatic carbocycles. The number of allylic oxidation sites excluding steroid dienone is 1. The van der Waals surface area contributed by atoms with E-state index in [2.05, 4.69) is 71.2 Å². The molecule has 0 bridgehead atoms. The molecule has 0 aliphatic carbocycles. The van der Waals surface area contributed by atoms with Gasteiger partial charge >= 0.3 is 0 Å². The highest BCUT2D eigenvalue weighted by molar-refractivity contribution is 9.10. The topological polar surface area (TPSA) is 53.9 Å². The molecular formula is C23H26BrN3O2. The van der Waals surface area contributed by atoms with E-state index in [1.165, 1.54) is 5.57 Å². The Hall–Kier alpha value is -2.60. The number of benzene rings is 2. The highest BCUT2D eigenvalue weighted by Crippen LogP contribution is 2.41. The molecule has 0 fully saturated rings. The van der Waals surface area contributed by atoms with Crippen molar-refractivity contribution in [3.05, 3.63) is 63.6 Å². The molecule has 29 heavy (non-hydrogen) atoms. The Bertz CT molecular complexity index is 996. The fourth-order valence-electron chi connectivity index (χ4n) is 3.84. The van der Waals surface area contributed by atoms with Crippen LogP contribution < -0.4 is 15.1 Å². The molecule has 0 saturated heterocycles. The number of ether oxygens (including phenoxy) is 1. The SMILES string of the molecule is CCN1c2cc(OC)c(/C=N\NC(=O)c3ccccc3Br)cc2C(C)=CC1(C)C. The molecule has 2 aromatic rings. The van der Waals surface area contributed by atoms with E-state index in [-0.39, 0.29) is 11.4 Å². The number of hydrazone groups is 1. The maximum Gasteiger partial charge on any atom is 0.272 e. The second-order valence-corrected chi connectivity index (χ2v) is 8.37. The zero-order valence-corrected chi connectivity index (χ0v) is 19.0. The molecule has 1 aliphatic heterocycles. The van der Waals surface area contributed by atoms with Crippen molar-refractivity contribution in [2.75, 3.05) is 18.6 Å². The molecule has 6 heteroatoms. The summed E-state index contributed by atoms with van der Waals surface area (Å²) in [5.74, 6) is 0.437.